The van der Waals surface area contributed by atoms with E-state index in [0.717, 1.165) is 12.3 Å². The van der Waals surface area contributed by atoms with Crippen LogP contribution in [0.15, 0.2) is 59.5 Å². The topological polar surface area (TPSA) is 90.0 Å². The van der Waals surface area contributed by atoms with Gasteiger partial charge in [0.2, 0.25) is 5.72 Å². The van der Waals surface area contributed by atoms with E-state index in [1.165, 1.54) is 36.1 Å². The zero-order valence-corrected chi connectivity index (χ0v) is 23.4. The number of Topliss-reactive ketones (excluding diaryl/α,β-unsaturated/α-hetero) is 1. The second-order valence-corrected chi connectivity index (χ2v) is 12.5. The predicted octanol–water partition coefficient (Wildman–Crippen LogP) is 5.40. The number of amides is 1. The molecule has 0 saturated carbocycles. The third-order valence-corrected chi connectivity index (χ3v) is 8.58. The van der Waals surface area contributed by atoms with Crippen LogP contribution in [0.2, 0.25) is 10.0 Å². The smallest absolute Gasteiger partial charge is 0.257 e. The number of carbonyl (C=O) groups excluding carboxylic acids is 2. The molecular formula is C28H24Cl2FNO6S. The van der Waals surface area contributed by atoms with Crippen LogP contribution >= 0.6 is 23.2 Å². The number of carbonyl (C=O) groups is 2. The Balaban J connectivity index is 1.80. The first kappa shape index (κ1) is 27.7. The number of ether oxygens (including phenoxy) is 2. The molecule has 1 saturated heterocycles. The maximum Gasteiger partial charge on any atom is 0.257 e. The second kappa shape index (κ2) is 10.3. The summed E-state index contributed by atoms with van der Waals surface area (Å²) < 4.78 is 53.6. The number of fused-ring (bicyclic) bond motifs is 1. The summed E-state index contributed by atoms with van der Waals surface area (Å²) in [4.78, 5) is 27.5. The van der Waals surface area contributed by atoms with Gasteiger partial charge in [0.1, 0.15) is 5.82 Å². The number of nitrogens with zero attached hydrogens (tertiary/aromatic N) is 1. The van der Waals surface area contributed by atoms with Crippen molar-refractivity contribution in [2.24, 2.45) is 0 Å². The zero-order valence-electron chi connectivity index (χ0n) is 21.0. The van der Waals surface area contributed by atoms with Crippen molar-refractivity contribution in [1.29, 1.82) is 0 Å². The summed E-state index contributed by atoms with van der Waals surface area (Å²) in [5, 5.41) is 0.620. The van der Waals surface area contributed by atoms with Gasteiger partial charge in [-0.15, -0.1) is 0 Å². The fraction of sp³-hybridized carbons (Fsp3) is 0.286. The Morgan fingerprint density at radius 2 is 1.82 bits per heavy atom. The van der Waals surface area contributed by atoms with Crippen molar-refractivity contribution < 1.29 is 31.9 Å². The van der Waals surface area contributed by atoms with Crippen LogP contribution in [-0.2, 0) is 31.6 Å². The lowest BCUT2D eigenvalue weighted by Crippen LogP contribution is -2.49. The van der Waals surface area contributed by atoms with Crippen molar-refractivity contribution in [1.82, 2.24) is 4.90 Å². The van der Waals surface area contributed by atoms with Gasteiger partial charge in [-0.05, 0) is 55.3 Å². The van der Waals surface area contributed by atoms with E-state index in [1.54, 1.807) is 24.3 Å². The largest absolute Gasteiger partial charge is 0.379 e. The highest BCUT2D eigenvalue weighted by molar-refractivity contribution is 7.90. The molecule has 7 nitrogen and oxygen atoms in total. The first-order valence-electron chi connectivity index (χ1n) is 12.1. The van der Waals surface area contributed by atoms with Crippen LogP contribution in [0.4, 0.5) is 4.39 Å². The molecule has 2 atom stereocenters. The van der Waals surface area contributed by atoms with Crippen LogP contribution in [0.1, 0.15) is 50.8 Å². The molecule has 0 N–H and O–H groups in total. The molecule has 1 amide bonds. The van der Waals surface area contributed by atoms with E-state index in [-0.39, 0.29) is 45.3 Å². The molecule has 2 aliphatic heterocycles. The molecule has 5 rings (SSSR count). The summed E-state index contributed by atoms with van der Waals surface area (Å²) in [7, 11) is -3.76. The SMILES string of the molecule is CC(=O)c1cc(F)c2c(c1)C(=O)N(Cc1ccc(Cl)cc1S(C)(=O)=O)[C@@]2(O[C@@H]1CCOC1)c1ccc(Cl)cc1. The predicted molar refractivity (Wildman–Crippen MR) is 143 cm³/mol. The molecule has 3 aromatic carbocycles. The normalized spacial score (nSPS) is 20.9. The highest BCUT2D eigenvalue weighted by atomic mass is 35.5. The standard InChI is InChI=1S/C28H24Cl2FNO6S/c1-16(33)18-11-23-26(24(31)12-18)28(38-22-9-10-37-15-22,19-4-7-20(29)8-5-19)32(27(23)34)14-17-3-6-21(30)13-25(17)39(2,35)36/h3-8,11-13,22H,9-10,14-15H2,1-2H3/t22-,28-/m1/s1. The van der Waals surface area contributed by atoms with Gasteiger partial charge in [-0.3, -0.25) is 14.5 Å². The molecule has 11 heteroatoms. The molecular weight excluding hydrogens is 568 g/mol. The summed E-state index contributed by atoms with van der Waals surface area (Å²) in [6.45, 7) is 1.65. The zero-order chi connectivity index (χ0) is 28.1. The van der Waals surface area contributed by atoms with Crippen molar-refractivity contribution in [3.63, 3.8) is 0 Å². The third kappa shape index (κ3) is 4.98. The number of hydrogen-bond donors (Lipinski definition) is 0. The summed E-state index contributed by atoms with van der Waals surface area (Å²) in [6.07, 6.45) is 1.03. The lowest BCUT2D eigenvalue weighted by molar-refractivity contribution is -0.148. The molecule has 0 radical (unpaired) electrons. The molecule has 2 heterocycles. The number of rotatable bonds is 7. The van der Waals surface area contributed by atoms with Crippen LogP contribution in [0.3, 0.4) is 0 Å². The van der Waals surface area contributed by atoms with Crippen LogP contribution in [-0.4, -0.2) is 50.6 Å². The summed E-state index contributed by atoms with van der Waals surface area (Å²) in [5.74, 6) is -1.85. The molecule has 0 aromatic heterocycles. The summed E-state index contributed by atoms with van der Waals surface area (Å²) >= 11 is 12.3. The maximum absolute atomic E-state index is 16.1. The molecule has 0 aliphatic carbocycles. The summed E-state index contributed by atoms with van der Waals surface area (Å²) in [6, 6.07) is 13.2. The second-order valence-electron chi connectivity index (χ2n) is 9.61. The maximum atomic E-state index is 16.1. The van der Waals surface area contributed by atoms with Crippen molar-refractivity contribution in [3.8, 4) is 0 Å². The molecule has 0 bridgehead atoms. The first-order valence-corrected chi connectivity index (χ1v) is 14.7. The first-order chi connectivity index (χ1) is 18.4. The third-order valence-electron chi connectivity index (χ3n) is 6.91. The Labute approximate surface area is 235 Å². The molecule has 0 unspecified atom stereocenters. The van der Waals surface area contributed by atoms with Gasteiger partial charge in [0.05, 0.1) is 35.3 Å². The minimum absolute atomic E-state index is 0.0268. The van der Waals surface area contributed by atoms with E-state index in [4.69, 9.17) is 32.7 Å². The summed E-state index contributed by atoms with van der Waals surface area (Å²) in [5.41, 5.74) is -1.25. The molecule has 3 aromatic rings. The number of sulfone groups is 1. The van der Waals surface area contributed by atoms with Crippen LogP contribution < -0.4 is 0 Å². The van der Waals surface area contributed by atoms with E-state index >= 15 is 4.39 Å². The Kier molecular flexibility index (Phi) is 7.32. The van der Waals surface area contributed by atoms with E-state index in [0.29, 0.717) is 23.6 Å². The van der Waals surface area contributed by atoms with Crippen molar-refractivity contribution in [3.05, 3.63) is 98.3 Å². The number of halogens is 3. The minimum atomic E-state index is -3.76. The Bertz CT molecular complexity index is 1590. The van der Waals surface area contributed by atoms with Gasteiger partial charge in [0, 0.05) is 34.0 Å². The lowest BCUT2D eigenvalue weighted by atomic mass is 9.90. The van der Waals surface area contributed by atoms with Crippen molar-refractivity contribution in [2.45, 2.75) is 36.6 Å². The van der Waals surface area contributed by atoms with Crippen LogP contribution in [0, 0.1) is 5.82 Å². The highest BCUT2D eigenvalue weighted by Crippen LogP contribution is 2.49. The molecule has 39 heavy (non-hydrogen) atoms. The van der Waals surface area contributed by atoms with Crippen molar-refractivity contribution >= 4 is 44.7 Å². The van der Waals surface area contributed by atoms with Gasteiger partial charge < -0.3 is 9.47 Å². The molecule has 1 fully saturated rings. The van der Waals surface area contributed by atoms with Gasteiger partial charge in [0.25, 0.3) is 5.91 Å². The van der Waals surface area contributed by atoms with Gasteiger partial charge >= 0.3 is 0 Å². The van der Waals surface area contributed by atoms with E-state index in [2.05, 4.69) is 0 Å². The molecule has 2 aliphatic rings. The number of ketones is 1. The molecule has 0 spiro atoms. The Hall–Kier alpha value is -2.82. The van der Waals surface area contributed by atoms with Crippen LogP contribution in [0.25, 0.3) is 0 Å². The fourth-order valence-corrected chi connectivity index (χ4v) is 6.43. The van der Waals surface area contributed by atoms with E-state index in [9.17, 15) is 18.0 Å². The number of hydrogen-bond acceptors (Lipinski definition) is 6. The minimum Gasteiger partial charge on any atom is -0.379 e. The average molecular weight is 592 g/mol. The highest BCUT2D eigenvalue weighted by Gasteiger charge is 2.55. The Morgan fingerprint density at radius 3 is 2.44 bits per heavy atom. The van der Waals surface area contributed by atoms with Gasteiger partial charge in [-0.1, -0.05) is 41.4 Å². The fourth-order valence-electron chi connectivity index (χ4n) is 5.12. The van der Waals surface area contributed by atoms with Crippen molar-refractivity contribution in [2.75, 3.05) is 19.5 Å². The Morgan fingerprint density at radius 1 is 1.13 bits per heavy atom. The van der Waals surface area contributed by atoms with Crippen LogP contribution in [0.5, 0.6) is 0 Å². The average Bonchev–Trinajstić information content (AvgIpc) is 3.46. The van der Waals surface area contributed by atoms with E-state index < -0.39 is 39.2 Å². The monoisotopic (exact) mass is 591 g/mol. The number of benzene rings is 3. The van der Waals surface area contributed by atoms with Gasteiger partial charge in [-0.2, -0.15) is 0 Å². The van der Waals surface area contributed by atoms with Gasteiger partial charge in [-0.25, -0.2) is 12.8 Å². The van der Waals surface area contributed by atoms with E-state index in [1.807, 2.05) is 0 Å². The molecule has 204 valence electrons. The lowest BCUT2D eigenvalue weighted by Gasteiger charge is -2.41. The quantitative estimate of drug-likeness (QED) is 0.342. The van der Waals surface area contributed by atoms with Gasteiger partial charge in [0.15, 0.2) is 15.6 Å².